The highest BCUT2D eigenvalue weighted by molar-refractivity contribution is 6.32. The zero-order valence-corrected chi connectivity index (χ0v) is 15.6. The van der Waals surface area contributed by atoms with Gasteiger partial charge in [-0.15, -0.1) is 0 Å². The monoisotopic (exact) mass is 378 g/mol. The van der Waals surface area contributed by atoms with E-state index in [2.05, 4.69) is 10.3 Å². The number of hydrogen-bond acceptors (Lipinski definition) is 3. The Hall–Kier alpha value is -3.11. The molecule has 3 rings (SSSR count). The first-order valence-corrected chi connectivity index (χ1v) is 8.91. The number of hydrogen-bond donors (Lipinski definition) is 1. The Morgan fingerprint density at radius 1 is 1.11 bits per heavy atom. The molecule has 0 aliphatic heterocycles. The molecule has 1 N–H and O–H groups in total. The van der Waals surface area contributed by atoms with Crippen LogP contribution in [0.3, 0.4) is 0 Å². The van der Waals surface area contributed by atoms with Crippen LogP contribution < -0.4 is 10.1 Å². The summed E-state index contributed by atoms with van der Waals surface area (Å²) in [5.41, 5.74) is 1.73. The van der Waals surface area contributed by atoms with Gasteiger partial charge in [-0.2, -0.15) is 0 Å². The van der Waals surface area contributed by atoms with Gasteiger partial charge in [0.2, 0.25) is 11.8 Å². The van der Waals surface area contributed by atoms with Crippen molar-refractivity contribution in [2.45, 2.75) is 13.0 Å². The second-order valence-corrected chi connectivity index (χ2v) is 6.33. The third-order valence-corrected chi connectivity index (χ3v) is 4.24. The summed E-state index contributed by atoms with van der Waals surface area (Å²) >= 11 is 6.09. The average Bonchev–Trinajstić information content (AvgIpc) is 2.68. The highest BCUT2D eigenvalue weighted by Gasteiger charge is 2.09. The standard InChI is InChI=1S/C22H19ClN2O2/c1-16(25-21(26)13-12-17-7-2-3-10-20(17)23)18-8-6-9-19(15-18)27-22-11-4-5-14-24-22/h2-16H,1H3,(H,25,26)/b13-12+. The Bertz CT molecular complexity index is 942. The molecule has 27 heavy (non-hydrogen) atoms. The molecular formula is C22H19ClN2O2. The Labute approximate surface area is 163 Å². The first kappa shape index (κ1) is 18.7. The van der Waals surface area contributed by atoms with Gasteiger partial charge in [0.15, 0.2) is 0 Å². The van der Waals surface area contributed by atoms with Crippen molar-refractivity contribution in [3.8, 4) is 11.6 Å². The van der Waals surface area contributed by atoms with Crippen LogP contribution in [-0.4, -0.2) is 10.9 Å². The number of amides is 1. The molecule has 2 aromatic carbocycles. The van der Waals surface area contributed by atoms with Crippen LogP contribution in [-0.2, 0) is 4.79 Å². The maximum Gasteiger partial charge on any atom is 0.244 e. The quantitative estimate of drug-likeness (QED) is 0.583. The van der Waals surface area contributed by atoms with Crippen molar-refractivity contribution in [3.05, 3.63) is 95.2 Å². The average molecular weight is 379 g/mol. The molecule has 1 atom stereocenters. The lowest BCUT2D eigenvalue weighted by atomic mass is 10.1. The van der Waals surface area contributed by atoms with Crippen LogP contribution in [0.1, 0.15) is 24.1 Å². The van der Waals surface area contributed by atoms with Crippen LogP contribution in [0.25, 0.3) is 6.08 Å². The van der Waals surface area contributed by atoms with Gasteiger partial charge in [-0.1, -0.05) is 48.0 Å². The number of nitrogens with zero attached hydrogens (tertiary/aromatic N) is 1. The van der Waals surface area contributed by atoms with Gasteiger partial charge in [0, 0.05) is 23.4 Å². The minimum atomic E-state index is -0.196. The van der Waals surface area contributed by atoms with Crippen molar-refractivity contribution in [1.29, 1.82) is 0 Å². The van der Waals surface area contributed by atoms with E-state index >= 15 is 0 Å². The van der Waals surface area contributed by atoms with Crippen LogP contribution >= 0.6 is 11.6 Å². The number of ether oxygens (including phenoxy) is 1. The van der Waals surface area contributed by atoms with Gasteiger partial charge < -0.3 is 10.1 Å². The number of aromatic nitrogens is 1. The van der Waals surface area contributed by atoms with Gasteiger partial charge in [-0.3, -0.25) is 4.79 Å². The van der Waals surface area contributed by atoms with E-state index in [1.54, 1.807) is 24.4 Å². The zero-order chi connectivity index (χ0) is 19.1. The minimum absolute atomic E-state index is 0.180. The van der Waals surface area contributed by atoms with Gasteiger partial charge in [0.1, 0.15) is 5.75 Å². The first-order valence-electron chi connectivity index (χ1n) is 8.54. The topological polar surface area (TPSA) is 51.2 Å². The van der Waals surface area contributed by atoms with Crippen molar-refractivity contribution in [2.24, 2.45) is 0 Å². The first-order chi connectivity index (χ1) is 13.1. The summed E-state index contributed by atoms with van der Waals surface area (Å²) < 4.78 is 5.74. The van der Waals surface area contributed by atoms with Crippen LogP contribution in [0.4, 0.5) is 0 Å². The molecule has 1 amide bonds. The molecule has 0 saturated heterocycles. The number of halogens is 1. The molecule has 0 fully saturated rings. The highest BCUT2D eigenvalue weighted by Crippen LogP contribution is 2.23. The van der Waals surface area contributed by atoms with Crippen molar-refractivity contribution in [2.75, 3.05) is 0 Å². The fourth-order valence-electron chi connectivity index (χ4n) is 2.50. The molecule has 136 valence electrons. The lowest BCUT2D eigenvalue weighted by molar-refractivity contribution is -0.117. The fraction of sp³-hybridized carbons (Fsp3) is 0.0909. The van der Waals surface area contributed by atoms with Gasteiger partial charge in [-0.25, -0.2) is 4.98 Å². The third kappa shape index (κ3) is 5.43. The zero-order valence-electron chi connectivity index (χ0n) is 14.8. The molecule has 0 bridgehead atoms. The minimum Gasteiger partial charge on any atom is -0.439 e. The largest absolute Gasteiger partial charge is 0.439 e. The molecule has 0 saturated carbocycles. The van der Waals surface area contributed by atoms with E-state index in [4.69, 9.17) is 16.3 Å². The summed E-state index contributed by atoms with van der Waals surface area (Å²) in [5.74, 6) is 0.992. The highest BCUT2D eigenvalue weighted by atomic mass is 35.5. The van der Waals surface area contributed by atoms with E-state index in [0.717, 1.165) is 11.1 Å². The van der Waals surface area contributed by atoms with Crippen molar-refractivity contribution in [3.63, 3.8) is 0 Å². The van der Waals surface area contributed by atoms with Gasteiger partial charge in [0.25, 0.3) is 0 Å². The van der Waals surface area contributed by atoms with Gasteiger partial charge >= 0.3 is 0 Å². The molecule has 1 aromatic heterocycles. The Kier molecular flexibility index (Phi) is 6.23. The van der Waals surface area contributed by atoms with Crippen LogP contribution in [0, 0.1) is 0 Å². The van der Waals surface area contributed by atoms with Crippen molar-refractivity contribution in [1.82, 2.24) is 10.3 Å². The summed E-state index contributed by atoms with van der Waals surface area (Å²) in [4.78, 5) is 16.4. The van der Waals surface area contributed by atoms with E-state index in [0.29, 0.717) is 16.7 Å². The summed E-state index contributed by atoms with van der Waals surface area (Å²) in [6.45, 7) is 1.92. The molecule has 0 aliphatic carbocycles. The van der Waals surface area contributed by atoms with E-state index < -0.39 is 0 Å². The summed E-state index contributed by atoms with van der Waals surface area (Å²) in [6.07, 6.45) is 4.85. The second kappa shape index (κ2) is 9.01. The molecular weight excluding hydrogens is 360 g/mol. The Morgan fingerprint density at radius 3 is 2.70 bits per heavy atom. The molecule has 1 unspecified atom stereocenters. The van der Waals surface area contributed by atoms with Crippen molar-refractivity contribution >= 4 is 23.6 Å². The summed E-state index contributed by atoms with van der Waals surface area (Å²) in [5, 5.41) is 3.54. The van der Waals surface area contributed by atoms with Crippen LogP contribution in [0.15, 0.2) is 79.0 Å². The predicted octanol–water partition coefficient (Wildman–Crippen LogP) is 5.42. The van der Waals surface area contributed by atoms with Crippen LogP contribution in [0.5, 0.6) is 11.6 Å². The predicted molar refractivity (Wildman–Crippen MR) is 108 cm³/mol. The van der Waals surface area contributed by atoms with E-state index in [-0.39, 0.29) is 11.9 Å². The van der Waals surface area contributed by atoms with Crippen LogP contribution in [0.2, 0.25) is 5.02 Å². The number of nitrogens with one attached hydrogen (secondary N) is 1. The molecule has 4 nitrogen and oxygen atoms in total. The van der Waals surface area contributed by atoms with Crippen molar-refractivity contribution < 1.29 is 9.53 Å². The molecule has 0 radical (unpaired) electrons. The number of carbonyl (C=O) groups is 1. The van der Waals surface area contributed by atoms with E-state index in [1.165, 1.54) is 6.08 Å². The molecule has 0 aliphatic rings. The Morgan fingerprint density at radius 2 is 1.93 bits per heavy atom. The van der Waals surface area contributed by atoms with Gasteiger partial charge in [-0.05, 0) is 48.4 Å². The smallest absolute Gasteiger partial charge is 0.244 e. The number of benzene rings is 2. The van der Waals surface area contributed by atoms with E-state index in [1.807, 2.05) is 61.5 Å². The second-order valence-electron chi connectivity index (χ2n) is 5.93. The van der Waals surface area contributed by atoms with E-state index in [9.17, 15) is 4.79 Å². The third-order valence-electron chi connectivity index (χ3n) is 3.90. The number of pyridine rings is 1. The number of rotatable bonds is 6. The lowest BCUT2D eigenvalue weighted by Gasteiger charge is -2.14. The maximum absolute atomic E-state index is 12.2. The maximum atomic E-state index is 12.2. The summed E-state index contributed by atoms with van der Waals surface area (Å²) in [6, 6.07) is 20.2. The van der Waals surface area contributed by atoms with Gasteiger partial charge in [0.05, 0.1) is 6.04 Å². The lowest BCUT2D eigenvalue weighted by Crippen LogP contribution is -2.24. The molecule has 1 heterocycles. The SMILES string of the molecule is CC(NC(=O)/C=C/c1ccccc1Cl)c1cccc(Oc2ccccn2)c1. The summed E-state index contributed by atoms with van der Waals surface area (Å²) in [7, 11) is 0. The number of carbonyl (C=O) groups excluding carboxylic acids is 1. The fourth-order valence-corrected chi connectivity index (χ4v) is 2.69. The molecule has 5 heteroatoms. The molecule has 0 spiro atoms. The Balaban J connectivity index is 1.63. The normalized spacial score (nSPS) is 11.9. The molecule has 3 aromatic rings.